The molecule has 0 aliphatic rings. The van der Waals surface area contributed by atoms with E-state index in [4.69, 9.17) is 9.84 Å². The van der Waals surface area contributed by atoms with Crippen LogP contribution in [0.25, 0.3) is 0 Å². The van der Waals surface area contributed by atoms with Crippen LogP contribution in [0.4, 0.5) is 0 Å². The molecule has 0 amide bonds. The third-order valence-electron chi connectivity index (χ3n) is 3.67. The monoisotopic (exact) mass is 267 g/mol. The summed E-state index contributed by atoms with van der Waals surface area (Å²) in [5.74, 6) is 0.780. The van der Waals surface area contributed by atoms with Crippen LogP contribution in [0, 0.1) is 0 Å². The van der Waals surface area contributed by atoms with E-state index in [1.54, 1.807) is 7.11 Å². The van der Waals surface area contributed by atoms with E-state index in [1.165, 1.54) is 0 Å². The minimum absolute atomic E-state index is 0.137. The normalized spacial score (nSPS) is 15.8. The molecule has 0 aliphatic heterocycles. The first kappa shape index (κ1) is 16.0. The summed E-state index contributed by atoms with van der Waals surface area (Å²) >= 11 is 0. The van der Waals surface area contributed by atoms with Crippen LogP contribution >= 0.6 is 0 Å². The zero-order valence-corrected chi connectivity index (χ0v) is 12.0. The molecular formula is C15H25NO3. The third kappa shape index (κ3) is 4.82. The first-order valence-corrected chi connectivity index (χ1v) is 6.72. The molecule has 19 heavy (non-hydrogen) atoms. The molecule has 4 heteroatoms. The second kappa shape index (κ2) is 7.48. The number of rotatable bonds is 8. The molecule has 108 valence electrons. The van der Waals surface area contributed by atoms with Crippen LogP contribution in [0.3, 0.4) is 0 Å². The van der Waals surface area contributed by atoms with E-state index < -0.39 is 6.10 Å². The fraction of sp³-hybridized carbons (Fsp3) is 0.600. The number of hydrogen-bond donors (Lipinski definition) is 3. The van der Waals surface area contributed by atoms with E-state index in [1.807, 2.05) is 24.3 Å². The van der Waals surface area contributed by atoms with Gasteiger partial charge in [0, 0.05) is 18.7 Å². The Labute approximate surface area is 115 Å². The minimum Gasteiger partial charge on any atom is -0.497 e. The summed E-state index contributed by atoms with van der Waals surface area (Å²) < 4.78 is 5.09. The van der Waals surface area contributed by atoms with E-state index in [2.05, 4.69) is 19.2 Å². The Hall–Kier alpha value is -1.10. The quantitative estimate of drug-likeness (QED) is 0.673. The van der Waals surface area contributed by atoms with Crippen LogP contribution in [-0.4, -0.2) is 36.0 Å². The van der Waals surface area contributed by atoms with Gasteiger partial charge < -0.3 is 20.3 Å². The number of methoxy groups -OCH3 is 1. The molecule has 0 aliphatic carbocycles. The molecule has 3 N–H and O–H groups in total. The van der Waals surface area contributed by atoms with Gasteiger partial charge in [0.05, 0.1) is 13.2 Å². The van der Waals surface area contributed by atoms with Gasteiger partial charge in [-0.1, -0.05) is 19.1 Å². The summed E-state index contributed by atoms with van der Waals surface area (Å²) in [5, 5.41) is 22.5. The number of aliphatic hydroxyl groups is 2. The number of β-amino-alcohol motifs (C(OH)–C–C–N with tert-alkyl or cyclic N) is 1. The average Bonchev–Trinajstić information content (AvgIpc) is 2.45. The Morgan fingerprint density at radius 3 is 2.42 bits per heavy atom. The highest BCUT2D eigenvalue weighted by Gasteiger charge is 2.21. The number of hydrogen-bond acceptors (Lipinski definition) is 4. The predicted molar refractivity (Wildman–Crippen MR) is 76.4 cm³/mol. The predicted octanol–water partition coefficient (Wildman–Crippen LogP) is 1.87. The molecule has 2 unspecified atom stereocenters. The first-order chi connectivity index (χ1) is 9.04. The number of ether oxygens (including phenoxy) is 1. The highest BCUT2D eigenvalue weighted by atomic mass is 16.5. The lowest BCUT2D eigenvalue weighted by Gasteiger charge is -2.30. The van der Waals surface area contributed by atoms with Crippen molar-refractivity contribution < 1.29 is 14.9 Å². The molecule has 1 aromatic carbocycles. The van der Waals surface area contributed by atoms with E-state index in [0.29, 0.717) is 13.0 Å². The molecule has 0 saturated heterocycles. The second-order valence-corrected chi connectivity index (χ2v) is 5.06. The molecule has 0 radical (unpaired) electrons. The van der Waals surface area contributed by atoms with Gasteiger partial charge >= 0.3 is 0 Å². The molecule has 1 rings (SSSR count). The highest BCUT2D eigenvalue weighted by Crippen LogP contribution is 2.19. The summed E-state index contributed by atoms with van der Waals surface area (Å²) in [7, 11) is 1.62. The van der Waals surface area contributed by atoms with Gasteiger partial charge in [-0.3, -0.25) is 0 Å². The summed E-state index contributed by atoms with van der Waals surface area (Å²) in [6, 6.07) is 7.40. The smallest absolute Gasteiger partial charge is 0.118 e. The van der Waals surface area contributed by atoms with Crippen molar-refractivity contribution in [1.82, 2.24) is 5.32 Å². The molecule has 4 nitrogen and oxygen atoms in total. The molecule has 0 fully saturated rings. The van der Waals surface area contributed by atoms with Gasteiger partial charge in [-0.25, -0.2) is 0 Å². The lowest BCUT2D eigenvalue weighted by Crippen LogP contribution is -2.44. The zero-order valence-electron chi connectivity index (χ0n) is 12.0. The lowest BCUT2D eigenvalue weighted by atomic mass is 9.94. The van der Waals surface area contributed by atoms with Gasteiger partial charge in [-0.15, -0.1) is 0 Å². The van der Waals surface area contributed by atoms with Crippen molar-refractivity contribution in [2.24, 2.45) is 0 Å². The van der Waals surface area contributed by atoms with Crippen molar-refractivity contribution >= 4 is 0 Å². The Balaban J connectivity index is 2.56. The van der Waals surface area contributed by atoms with Gasteiger partial charge in [-0.2, -0.15) is 0 Å². The fourth-order valence-electron chi connectivity index (χ4n) is 1.92. The maximum absolute atomic E-state index is 10.1. The van der Waals surface area contributed by atoms with E-state index in [0.717, 1.165) is 17.7 Å². The van der Waals surface area contributed by atoms with Crippen LogP contribution in [0.2, 0.25) is 0 Å². The van der Waals surface area contributed by atoms with Crippen LogP contribution < -0.4 is 10.1 Å². The standard InChI is InChI=1S/C15H25NO3/c1-4-15(2,9-10-17)16-11-14(18)12-5-7-13(19-3)8-6-12/h5-8,14,16-18H,4,9-11H2,1-3H3. The van der Waals surface area contributed by atoms with Gasteiger partial charge in [0.15, 0.2) is 0 Å². The molecule has 0 heterocycles. The van der Waals surface area contributed by atoms with Crippen LogP contribution in [-0.2, 0) is 0 Å². The Kier molecular flexibility index (Phi) is 6.28. The molecule has 0 bridgehead atoms. The fourth-order valence-corrected chi connectivity index (χ4v) is 1.92. The van der Waals surface area contributed by atoms with Crippen molar-refractivity contribution in [3.63, 3.8) is 0 Å². The van der Waals surface area contributed by atoms with Crippen molar-refractivity contribution in [3.8, 4) is 5.75 Å². The molecule has 0 spiro atoms. The summed E-state index contributed by atoms with van der Waals surface area (Å²) in [6.45, 7) is 4.75. The average molecular weight is 267 g/mol. The van der Waals surface area contributed by atoms with Crippen molar-refractivity contribution in [1.29, 1.82) is 0 Å². The second-order valence-electron chi connectivity index (χ2n) is 5.06. The van der Waals surface area contributed by atoms with Gasteiger partial charge in [0.2, 0.25) is 0 Å². The van der Waals surface area contributed by atoms with E-state index >= 15 is 0 Å². The van der Waals surface area contributed by atoms with Crippen molar-refractivity contribution in [2.45, 2.75) is 38.3 Å². The van der Waals surface area contributed by atoms with Crippen LogP contribution in [0.1, 0.15) is 38.4 Å². The Morgan fingerprint density at radius 1 is 1.32 bits per heavy atom. The van der Waals surface area contributed by atoms with Crippen molar-refractivity contribution in [2.75, 3.05) is 20.3 Å². The number of aliphatic hydroxyl groups excluding tert-OH is 2. The zero-order chi connectivity index (χ0) is 14.3. The van der Waals surface area contributed by atoms with Crippen LogP contribution in [0.15, 0.2) is 24.3 Å². The van der Waals surface area contributed by atoms with Gasteiger partial charge in [0.1, 0.15) is 5.75 Å². The minimum atomic E-state index is -0.560. The third-order valence-corrected chi connectivity index (χ3v) is 3.67. The summed E-state index contributed by atoms with van der Waals surface area (Å²) in [5.41, 5.74) is 0.720. The SMILES string of the molecule is CCC(C)(CCO)NCC(O)c1ccc(OC)cc1. The van der Waals surface area contributed by atoms with E-state index in [9.17, 15) is 5.11 Å². The van der Waals surface area contributed by atoms with Gasteiger partial charge in [-0.05, 0) is 37.5 Å². The molecular weight excluding hydrogens is 242 g/mol. The largest absolute Gasteiger partial charge is 0.497 e. The molecule has 0 aromatic heterocycles. The molecule has 1 aromatic rings. The highest BCUT2D eigenvalue weighted by molar-refractivity contribution is 5.28. The maximum atomic E-state index is 10.1. The first-order valence-electron chi connectivity index (χ1n) is 6.72. The Morgan fingerprint density at radius 2 is 1.95 bits per heavy atom. The molecule has 2 atom stereocenters. The number of nitrogens with one attached hydrogen (secondary N) is 1. The molecule has 0 saturated carbocycles. The van der Waals surface area contributed by atoms with Crippen LogP contribution in [0.5, 0.6) is 5.75 Å². The maximum Gasteiger partial charge on any atom is 0.118 e. The van der Waals surface area contributed by atoms with E-state index in [-0.39, 0.29) is 12.1 Å². The topological polar surface area (TPSA) is 61.7 Å². The summed E-state index contributed by atoms with van der Waals surface area (Å²) in [6.07, 6.45) is 1.03. The summed E-state index contributed by atoms with van der Waals surface area (Å²) in [4.78, 5) is 0. The van der Waals surface area contributed by atoms with Crippen molar-refractivity contribution in [3.05, 3.63) is 29.8 Å². The Bertz CT molecular complexity index is 366. The lowest BCUT2D eigenvalue weighted by molar-refractivity contribution is 0.145. The van der Waals surface area contributed by atoms with Gasteiger partial charge in [0.25, 0.3) is 0 Å². The number of benzene rings is 1.